The number of hydrazone groups is 1. The summed E-state index contributed by atoms with van der Waals surface area (Å²) >= 11 is 3.44. The fraction of sp³-hybridized carbons (Fsp3) is 0.207. The van der Waals surface area contributed by atoms with Crippen LogP contribution in [0, 0.1) is 25.2 Å². The molecule has 10 heteroatoms. The monoisotopic (exact) mass is 590 g/mol. The van der Waals surface area contributed by atoms with Crippen molar-refractivity contribution >= 4 is 28.1 Å². The van der Waals surface area contributed by atoms with Gasteiger partial charge < -0.3 is 23.2 Å². The van der Waals surface area contributed by atoms with Crippen molar-refractivity contribution in [2.24, 2.45) is 5.10 Å². The van der Waals surface area contributed by atoms with Crippen molar-refractivity contribution in [2.45, 2.75) is 27.4 Å². The van der Waals surface area contributed by atoms with Crippen LogP contribution in [0.25, 0.3) is 5.69 Å². The minimum absolute atomic E-state index is 0.105. The molecule has 9 nitrogen and oxygen atoms in total. The Bertz CT molecular complexity index is 1500. The van der Waals surface area contributed by atoms with E-state index in [2.05, 4.69) is 57.0 Å². The number of benzene rings is 2. The maximum absolute atomic E-state index is 12.5. The number of aromatic nitrogens is 1. The van der Waals surface area contributed by atoms with E-state index >= 15 is 0 Å². The number of nitrogens with one attached hydrogen (secondary N) is 1. The maximum atomic E-state index is 12.5. The first-order valence-corrected chi connectivity index (χ1v) is 12.9. The number of carbonyl (C=O) groups is 1. The molecule has 0 saturated heterocycles. The Labute approximate surface area is 234 Å². The molecule has 0 atom stereocenters. The van der Waals surface area contributed by atoms with Crippen LogP contribution in [0.3, 0.4) is 0 Å². The number of hydrogen-bond donors (Lipinski definition) is 1. The second-order valence-electron chi connectivity index (χ2n) is 8.40. The third kappa shape index (κ3) is 6.89. The Hall–Kier alpha value is -4.49. The minimum atomic E-state index is -0.505. The first-order valence-electron chi connectivity index (χ1n) is 12.2. The summed E-state index contributed by atoms with van der Waals surface area (Å²) in [5, 5.41) is 12.8. The van der Waals surface area contributed by atoms with E-state index in [0.29, 0.717) is 39.7 Å². The van der Waals surface area contributed by atoms with Crippen LogP contribution in [0.5, 0.6) is 17.2 Å². The molecule has 4 aromatic rings. The number of nitrogens with zero attached hydrogens (tertiary/aromatic N) is 3. The molecule has 0 fully saturated rings. The van der Waals surface area contributed by atoms with Gasteiger partial charge in [-0.3, -0.25) is 4.79 Å². The van der Waals surface area contributed by atoms with E-state index in [0.717, 1.165) is 17.1 Å². The number of halogens is 1. The van der Waals surface area contributed by atoms with Crippen LogP contribution in [-0.4, -0.2) is 29.9 Å². The van der Waals surface area contributed by atoms with E-state index in [1.54, 1.807) is 24.3 Å². The molecule has 0 aliphatic heterocycles. The Morgan fingerprint density at radius 2 is 1.77 bits per heavy atom. The van der Waals surface area contributed by atoms with Crippen LogP contribution in [0.1, 0.15) is 40.2 Å². The van der Waals surface area contributed by atoms with Crippen LogP contribution >= 0.6 is 15.9 Å². The summed E-state index contributed by atoms with van der Waals surface area (Å²) in [4.78, 5) is 12.5. The summed E-state index contributed by atoms with van der Waals surface area (Å²) < 4.78 is 25.3. The molecule has 2 aromatic heterocycles. The van der Waals surface area contributed by atoms with Crippen LogP contribution in [0.4, 0.5) is 0 Å². The van der Waals surface area contributed by atoms with Gasteiger partial charge in [0, 0.05) is 27.1 Å². The van der Waals surface area contributed by atoms with Crippen molar-refractivity contribution in [2.75, 3.05) is 13.2 Å². The van der Waals surface area contributed by atoms with E-state index in [4.69, 9.17) is 23.9 Å². The van der Waals surface area contributed by atoms with Gasteiger partial charge in [0.05, 0.1) is 12.8 Å². The highest BCUT2D eigenvalue weighted by molar-refractivity contribution is 9.10. The molecule has 39 heavy (non-hydrogen) atoms. The van der Waals surface area contributed by atoms with Gasteiger partial charge in [-0.1, -0.05) is 0 Å². The molecule has 0 aliphatic rings. The highest BCUT2D eigenvalue weighted by Gasteiger charge is 2.13. The van der Waals surface area contributed by atoms with Crippen molar-refractivity contribution < 1.29 is 23.4 Å². The topological polar surface area (TPSA) is 111 Å². The van der Waals surface area contributed by atoms with E-state index in [1.165, 1.54) is 6.21 Å². The zero-order valence-electron chi connectivity index (χ0n) is 21.7. The van der Waals surface area contributed by atoms with E-state index in [9.17, 15) is 4.79 Å². The lowest BCUT2D eigenvalue weighted by atomic mass is 10.2. The largest absolute Gasteiger partial charge is 0.490 e. The molecule has 2 aromatic carbocycles. The van der Waals surface area contributed by atoms with Gasteiger partial charge in [0.25, 0.3) is 0 Å². The quantitative estimate of drug-likeness (QED) is 0.167. The Morgan fingerprint density at radius 1 is 1.05 bits per heavy atom. The average molecular weight is 591 g/mol. The molecule has 0 unspecified atom stereocenters. The first kappa shape index (κ1) is 27.5. The van der Waals surface area contributed by atoms with Gasteiger partial charge in [-0.05, 0) is 97.4 Å². The average Bonchev–Trinajstić information content (AvgIpc) is 3.54. The van der Waals surface area contributed by atoms with Crippen LogP contribution in [0.15, 0.2) is 74.7 Å². The minimum Gasteiger partial charge on any atom is -0.490 e. The van der Waals surface area contributed by atoms with Crippen molar-refractivity contribution in [3.05, 3.63) is 93.6 Å². The third-order valence-electron chi connectivity index (χ3n) is 5.66. The number of rotatable bonds is 11. The number of amides is 1. The molecule has 200 valence electrons. The predicted molar refractivity (Wildman–Crippen MR) is 150 cm³/mol. The van der Waals surface area contributed by atoms with E-state index < -0.39 is 5.91 Å². The number of aryl methyl sites for hydroxylation is 2. The van der Waals surface area contributed by atoms with Gasteiger partial charge in [0.2, 0.25) is 0 Å². The summed E-state index contributed by atoms with van der Waals surface area (Å²) in [6.45, 7) is 6.46. The number of carbonyl (C=O) groups excluding carboxylic acids is 1. The molecule has 1 amide bonds. The van der Waals surface area contributed by atoms with Gasteiger partial charge >= 0.3 is 5.91 Å². The van der Waals surface area contributed by atoms with Crippen molar-refractivity contribution in [3.63, 3.8) is 0 Å². The van der Waals surface area contributed by atoms with Crippen LogP contribution < -0.4 is 19.6 Å². The zero-order valence-corrected chi connectivity index (χ0v) is 23.3. The Kier molecular flexibility index (Phi) is 9.07. The van der Waals surface area contributed by atoms with E-state index in [1.807, 2.05) is 37.3 Å². The second kappa shape index (κ2) is 12.8. The fourth-order valence-electron chi connectivity index (χ4n) is 3.86. The highest BCUT2D eigenvalue weighted by Crippen LogP contribution is 2.33. The van der Waals surface area contributed by atoms with Crippen LogP contribution in [0.2, 0.25) is 0 Å². The van der Waals surface area contributed by atoms with Gasteiger partial charge in [0.15, 0.2) is 23.9 Å². The zero-order chi connectivity index (χ0) is 27.8. The fourth-order valence-corrected chi connectivity index (χ4v) is 4.28. The molecule has 0 spiro atoms. The number of furan rings is 1. The molecule has 1 N–H and O–H groups in total. The molecule has 0 aliphatic carbocycles. The lowest BCUT2D eigenvalue weighted by Gasteiger charge is -2.12. The molecular weight excluding hydrogens is 564 g/mol. The number of nitriles is 1. The smallest absolute Gasteiger partial charge is 0.307 e. The molecule has 0 bridgehead atoms. The Morgan fingerprint density at radius 3 is 2.46 bits per heavy atom. The highest BCUT2D eigenvalue weighted by atomic mass is 79.9. The molecule has 0 saturated carbocycles. The van der Waals surface area contributed by atoms with Gasteiger partial charge in [-0.15, -0.1) is 0 Å². The maximum Gasteiger partial charge on any atom is 0.307 e. The first-order chi connectivity index (χ1) is 18.9. The van der Waals surface area contributed by atoms with Crippen molar-refractivity contribution in [3.8, 4) is 29.0 Å². The van der Waals surface area contributed by atoms with Gasteiger partial charge in [-0.2, -0.15) is 10.4 Å². The summed E-state index contributed by atoms with van der Waals surface area (Å²) in [5.74, 6) is 1.68. The lowest BCUT2D eigenvalue weighted by Crippen LogP contribution is -2.16. The van der Waals surface area contributed by atoms with Gasteiger partial charge in [-0.25, -0.2) is 5.43 Å². The summed E-state index contributed by atoms with van der Waals surface area (Å²) in [6, 6.07) is 20.5. The Balaban J connectivity index is 1.33. The molecule has 2 heterocycles. The van der Waals surface area contributed by atoms with Gasteiger partial charge in [0.1, 0.15) is 24.2 Å². The SMILES string of the molecule is CCOc1cc(/C=N/NC(=O)c2ccc(COc3ccc(-n4c(C)ccc4C)cc3)o2)c(Br)cc1OCC#N. The number of ether oxygens (including phenoxy) is 3. The number of hydrogen-bond acceptors (Lipinski definition) is 7. The standard InChI is InChI=1S/C29H27BrN4O5/c1-4-36-27-15-21(25(30)16-28(27)37-14-13-31)17-32-33-29(35)26-12-11-24(39-26)18-38-23-9-7-22(8-10-23)34-19(2)5-6-20(34)3/h5-12,15-17H,4,14,18H2,1-3H3,(H,33,35)/b32-17+. The van der Waals surface area contributed by atoms with Crippen molar-refractivity contribution in [1.29, 1.82) is 5.26 Å². The third-order valence-corrected chi connectivity index (χ3v) is 6.34. The summed E-state index contributed by atoms with van der Waals surface area (Å²) in [7, 11) is 0. The molecule has 4 rings (SSSR count). The molecule has 0 radical (unpaired) electrons. The summed E-state index contributed by atoms with van der Waals surface area (Å²) in [6.07, 6.45) is 1.46. The van der Waals surface area contributed by atoms with E-state index in [-0.39, 0.29) is 19.0 Å². The summed E-state index contributed by atoms with van der Waals surface area (Å²) in [5.41, 5.74) is 6.47. The molecular formula is C29H27BrN4O5. The van der Waals surface area contributed by atoms with Crippen LogP contribution in [-0.2, 0) is 6.61 Å². The van der Waals surface area contributed by atoms with Crippen molar-refractivity contribution in [1.82, 2.24) is 9.99 Å². The predicted octanol–water partition coefficient (Wildman–Crippen LogP) is 6.09. The normalized spacial score (nSPS) is 10.8. The second-order valence-corrected chi connectivity index (χ2v) is 9.25. The lowest BCUT2D eigenvalue weighted by molar-refractivity contribution is 0.0923.